The monoisotopic (exact) mass is 794 g/mol. The van der Waals surface area contributed by atoms with Crippen molar-refractivity contribution in [2.75, 3.05) is 11.9 Å². The molecule has 1 aromatic heterocycles. The summed E-state index contributed by atoms with van der Waals surface area (Å²) < 4.78 is 2.34. The molecule has 5 aromatic carbocycles. The van der Waals surface area contributed by atoms with E-state index in [1.807, 2.05) is 64.1 Å². The molecule has 310 valence electrons. The van der Waals surface area contributed by atoms with E-state index in [0.29, 0.717) is 0 Å². The lowest BCUT2D eigenvalue weighted by Gasteiger charge is -2.30. The Morgan fingerprint density at radius 2 is 1.20 bits per heavy atom. The average Bonchev–Trinajstić information content (AvgIpc) is 3.87. The second-order valence-corrected chi connectivity index (χ2v) is 13.8. The molecule has 0 atom stereocenters. The molecule has 2 N–H and O–H groups in total. The van der Waals surface area contributed by atoms with E-state index >= 15 is 0 Å². The van der Waals surface area contributed by atoms with Crippen LogP contribution in [0.1, 0.15) is 99.9 Å². The van der Waals surface area contributed by atoms with Crippen molar-refractivity contribution in [1.82, 2.24) is 4.57 Å². The molecule has 0 saturated carbocycles. The molecule has 0 saturated heterocycles. The Morgan fingerprint density at radius 1 is 0.650 bits per heavy atom. The summed E-state index contributed by atoms with van der Waals surface area (Å²) in [6, 6.07) is 44.4. The van der Waals surface area contributed by atoms with E-state index in [1.54, 1.807) is 0 Å². The minimum Gasteiger partial charge on any atom is -0.333 e. The number of fused-ring (bicyclic) bond motifs is 4. The van der Waals surface area contributed by atoms with Gasteiger partial charge >= 0.3 is 0 Å². The Morgan fingerprint density at radius 3 is 1.72 bits per heavy atom. The molecule has 2 heterocycles. The third-order valence-electron chi connectivity index (χ3n) is 9.55. The number of nitrogens with zero attached hydrogens (tertiary/aromatic N) is 2. The van der Waals surface area contributed by atoms with Gasteiger partial charge in [0.2, 0.25) is 0 Å². The first-order chi connectivity index (χ1) is 29.4. The van der Waals surface area contributed by atoms with Crippen LogP contribution in [-0.2, 0) is 0 Å². The van der Waals surface area contributed by atoms with Gasteiger partial charge in [-0.2, -0.15) is 0 Å². The van der Waals surface area contributed by atoms with E-state index < -0.39 is 0 Å². The third kappa shape index (κ3) is 12.8. The zero-order chi connectivity index (χ0) is 43.9. The third-order valence-corrected chi connectivity index (χ3v) is 9.55. The number of hydrogen-bond acceptors (Lipinski definition) is 2. The Labute approximate surface area is 362 Å². The van der Waals surface area contributed by atoms with Crippen molar-refractivity contribution in [1.29, 1.82) is 0 Å². The van der Waals surface area contributed by atoms with Gasteiger partial charge in [0, 0.05) is 46.5 Å². The predicted octanol–water partition coefficient (Wildman–Crippen LogP) is 15.9. The first-order valence-electron chi connectivity index (χ1n) is 21.6. The molecule has 0 amide bonds. The first kappa shape index (κ1) is 48.0. The van der Waals surface area contributed by atoms with Crippen LogP contribution in [0.3, 0.4) is 0 Å². The molecule has 3 heteroatoms. The summed E-state index contributed by atoms with van der Waals surface area (Å²) >= 11 is 0. The summed E-state index contributed by atoms with van der Waals surface area (Å²) in [6.45, 7) is 23.1. The second-order valence-electron chi connectivity index (χ2n) is 13.8. The Hall–Kier alpha value is -6.34. The van der Waals surface area contributed by atoms with Gasteiger partial charge in [0.25, 0.3) is 0 Å². The zero-order valence-electron chi connectivity index (χ0n) is 37.9. The number of unbranched alkanes of at least 4 members (excludes halogenated alkanes) is 1. The van der Waals surface area contributed by atoms with E-state index in [2.05, 4.69) is 195 Å². The van der Waals surface area contributed by atoms with Crippen LogP contribution < -0.4 is 10.6 Å². The molecular formula is C57H67N3. The summed E-state index contributed by atoms with van der Waals surface area (Å²) in [5.74, 6) is 0. The van der Waals surface area contributed by atoms with E-state index in [9.17, 15) is 0 Å². The lowest BCUT2D eigenvalue weighted by molar-refractivity contribution is 0.886. The molecule has 1 aliphatic heterocycles. The Bertz CT molecular complexity index is 2390. The van der Waals surface area contributed by atoms with Crippen LogP contribution in [0.25, 0.3) is 39.9 Å². The minimum absolute atomic E-state index is 0.878. The number of para-hydroxylation sites is 1. The smallest absolute Gasteiger partial charge is 0.0704 e. The highest BCUT2D eigenvalue weighted by Gasteiger charge is 2.25. The summed E-state index contributed by atoms with van der Waals surface area (Å²) in [5.41, 5.74) is 27.0. The maximum absolute atomic E-state index is 4.50. The van der Waals surface area contributed by atoms with Gasteiger partial charge in [-0.1, -0.05) is 199 Å². The largest absolute Gasteiger partial charge is 0.333 e. The number of nitrogens with two attached hydrogens (primary N) is 1. The highest BCUT2D eigenvalue weighted by molar-refractivity contribution is 6.03. The van der Waals surface area contributed by atoms with Gasteiger partial charge in [0.15, 0.2) is 0 Å². The van der Waals surface area contributed by atoms with Gasteiger partial charge < -0.3 is 15.2 Å². The summed E-state index contributed by atoms with van der Waals surface area (Å²) in [6.07, 6.45) is 16.1. The van der Waals surface area contributed by atoms with Crippen LogP contribution in [0.15, 0.2) is 176 Å². The molecule has 0 unspecified atom stereocenters. The standard InChI is InChI=1S/C34H24N2.2C7H8.C4H10.2C2H6.CH5N/c1-23-10-8-12-25(18-23)26-19-28(20-26)35-17-7-6-11-24(2)30-21-31-29-15-9-16-32(29)36(34(31)22-33(30)35)27-13-4-3-5-14-27;2*1-7-5-3-2-4-6-7;1-3-4-2;3*1-2/h3-8,10-18,21-22H,2,19H2,1H3;2*2-6H,1H3;3-4H2,1-2H3;2*1-2H3;2H2,1H3/b11-6-,17-7-;;;;;;. The van der Waals surface area contributed by atoms with E-state index in [4.69, 9.17) is 0 Å². The van der Waals surface area contributed by atoms with Gasteiger partial charge in [-0.25, -0.2) is 0 Å². The topological polar surface area (TPSA) is 34.2 Å². The van der Waals surface area contributed by atoms with Gasteiger partial charge in [0.05, 0.1) is 22.6 Å². The fraction of sp³-hybridized carbons (Fsp3) is 0.228. The van der Waals surface area contributed by atoms with Gasteiger partial charge in [-0.15, -0.1) is 5.73 Å². The molecule has 0 radical (unpaired) electrons. The molecule has 0 fully saturated rings. The van der Waals surface area contributed by atoms with Crippen molar-refractivity contribution >= 4 is 39.9 Å². The lowest BCUT2D eigenvalue weighted by Crippen LogP contribution is -2.20. The van der Waals surface area contributed by atoms with Crippen molar-refractivity contribution in [3.8, 4) is 5.69 Å². The predicted molar refractivity (Wildman–Crippen MR) is 267 cm³/mol. The van der Waals surface area contributed by atoms with Crippen LogP contribution in [0.2, 0.25) is 0 Å². The number of allylic oxidation sites excluding steroid dienone is 4. The van der Waals surface area contributed by atoms with Crippen molar-refractivity contribution in [3.05, 3.63) is 215 Å². The molecule has 9 rings (SSSR count). The van der Waals surface area contributed by atoms with Gasteiger partial charge in [0.1, 0.15) is 0 Å². The number of benzene rings is 5. The van der Waals surface area contributed by atoms with E-state index in [0.717, 1.165) is 34.6 Å². The Kier molecular flexibility index (Phi) is 20.7. The number of hydrogen-bond donors (Lipinski definition) is 1. The maximum Gasteiger partial charge on any atom is 0.0704 e. The summed E-state index contributed by atoms with van der Waals surface area (Å²) in [4.78, 5) is 2.28. The van der Waals surface area contributed by atoms with Crippen molar-refractivity contribution in [2.45, 2.75) is 81.6 Å². The first-order valence-corrected chi connectivity index (χ1v) is 21.6. The van der Waals surface area contributed by atoms with Crippen molar-refractivity contribution in [3.63, 3.8) is 0 Å². The molecule has 0 spiro atoms. The molecule has 6 aromatic rings. The Balaban J connectivity index is 0.000000329. The average molecular weight is 794 g/mol. The van der Waals surface area contributed by atoms with Gasteiger partial charge in [-0.05, 0) is 75.4 Å². The van der Waals surface area contributed by atoms with Crippen molar-refractivity contribution < 1.29 is 0 Å². The minimum atomic E-state index is 0.878. The fourth-order valence-corrected chi connectivity index (χ4v) is 6.43. The van der Waals surface area contributed by atoms with E-state index in [1.165, 1.54) is 69.9 Å². The summed E-state index contributed by atoms with van der Waals surface area (Å²) in [7, 11) is 1.50. The van der Waals surface area contributed by atoms with Crippen molar-refractivity contribution in [2.24, 2.45) is 5.73 Å². The van der Waals surface area contributed by atoms with Crippen LogP contribution in [0.5, 0.6) is 0 Å². The second kappa shape index (κ2) is 25.9. The number of aryl methyl sites for hydroxylation is 3. The normalized spacial score (nSPS) is 13.1. The molecule has 60 heavy (non-hydrogen) atoms. The van der Waals surface area contributed by atoms with Crippen LogP contribution in [0.4, 0.5) is 5.69 Å². The van der Waals surface area contributed by atoms with Gasteiger partial charge in [-0.3, -0.25) is 0 Å². The quantitative estimate of drug-likeness (QED) is 0.180. The highest BCUT2D eigenvalue weighted by atomic mass is 15.1. The zero-order valence-corrected chi connectivity index (χ0v) is 37.9. The molecule has 3 nitrogen and oxygen atoms in total. The summed E-state index contributed by atoms with van der Waals surface area (Å²) in [5, 5.41) is 1.21. The van der Waals surface area contributed by atoms with Crippen LogP contribution >= 0.6 is 0 Å². The van der Waals surface area contributed by atoms with Crippen LogP contribution in [0, 0.1) is 20.8 Å². The number of aromatic nitrogens is 1. The number of rotatable bonds is 4. The SMILES string of the molecule is C=C1/C=C\C=C/N(C2=C=C(c3cccc(C)c3)C2)c2cc3c(cc21)c1c(n3-c2ccccc2)C=C=C1.CC.CC.CCCC.CN.Cc1ccccc1.Cc1ccccc1. The molecular weight excluding hydrogens is 727 g/mol. The fourth-order valence-electron chi connectivity index (χ4n) is 6.43. The molecule has 2 aliphatic carbocycles. The molecule has 0 bridgehead atoms. The number of anilines is 1. The van der Waals surface area contributed by atoms with E-state index in [-0.39, 0.29) is 0 Å². The molecule has 3 aliphatic rings. The maximum atomic E-state index is 4.50. The van der Waals surface area contributed by atoms with Crippen LogP contribution in [-0.4, -0.2) is 11.6 Å². The lowest BCUT2D eigenvalue weighted by atomic mass is 9.92. The highest BCUT2D eigenvalue weighted by Crippen LogP contribution is 2.43.